The Hall–Kier alpha value is -1.62. The fourth-order valence-electron chi connectivity index (χ4n) is 2.54. The minimum atomic E-state index is -0.939. The Morgan fingerprint density at radius 3 is 2.76 bits per heavy atom. The molecule has 0 spiro atoms. The zero-order chi connectivity index (χ0) is 15.6. The molecule has 1 aromatic carbocycles. The van der Waals surface area contributed by atoms with Crippen molar-refractivity contribution >= 4 is 23.5 Å². The highest BCUT2D eigenvalue weighted by atomic mass is 35.5. The number of hydrogen-bond acceptors (Lipinski definition) is 2. The first-order valence-corrected chi connectivity index (χ1v) is 7.28. The number of halogens is 2. The van der Waals surface area contributed by atoms with Gasteiger partial charge >= 0.3 is 5.97 Å². The average molecular weight is 314 g/mol. The van der Waals surface area contributed by atoms with E-state index < -0.39 is 11.8 Å². The van der Waals surface area contributed by atoms with Gasteiger partial charge in [-0.05, 0) is 25.5 Å². The van der Waals surface area contributed by atoms with Gasteiger partial charge < -0.3 is 10.0 Å². The molecule has 0 aliphatic heterocycles. The number of amides is 1. The summed E-state index contributed by atoms with van der Waals surface area (Å²) in [6.45, 7) is 2.42. The molecule has 114 valence electrons. The Labute approximate surface area is 127 Å². The highest BCUT2D eigenvalue weighted by Gasteiger charge is 2.47. The van der Waals surface area contributed by atoms with Crippen LogP contribution in [0.5, 0.6) is 0 Å². The van der Waals surface area contributed by atoms with Crippen molar-refractivity contribution in [3.8, 4) is 0 Å². The SMILES string of the molecule is CCN(CCC(=O)O)C(=O)C1CC1c1c(F)cccc1Cl. The van der Waals surface area contributed by atoms with Gasteiger partial charge in [0.05, 0.1) is 6.42 Å². The van der Waals surface area contributed by atoms with Crippen LogP contribution in [-0.2, 0) is 9.59 Å². The number of carbonyl (C=O) groups is 2. The second-order valence-electron chi connectivity index (χ2n) is 5.15. The molecule has 2 rings (SSSR count). The maximum absolute atomic E-state index is 13.8. The third-order valence-electron chi connectivity index (χ3n) is 3.77. The molecular weight excluding hydrogens is 297 g/mol. The van der Waals surface area contributed by atoms with E-state index in [4.69, 9.17) is 16.7 Å². The normalized spacial score (nSPS) is 20.1. The van der Waals surface area contributed by atoms with Crippen LogP contribution in [0.1, 0.15) is 31.2 Å². The summed E-state index contributed by atoms with van der Waals surface area (Å²) in [6, 6.07) is 4.48. The molecule has 1 aliphatic carbocycles. The van der Waals surface area contributed by atoms with Crippen LogP contribution in [0.15, 0.2) is 18.2 Å². The molecule has 0 bridgehead atoms. The van der Waals surface area contributed by atoms with Gasteiger partial charge in [0, 0.05) is 35.5 Å². The predicted molar refractivity (Wildman–Crippen MR) is 76.8 cm³/mol. The van der Waals surface area contributed by atoms with E-state index >= 15 is 0 Å². The highest BCUT2D eigenvalue weighted by molar-refractivity contribution is 6.31. The summed E-state index contributed by atoms with van der Waals surface area (Å²) in [5, 5.41) is 9.03. The van der Waals surface area contributed by atoms with E-state index in [1.165, 1.54) is 17.0 Å². The van der Waals surface area contributed by atoms with Crippen molar-refractivity contribution in [3.63, 3.8) is 0 Å². The van der Waals surface area contributed by atoms with Gasteiger partial charge in [0.1, 0.15) is 5.82 Å². The lowest BCUT2D eigenvalue weighted by Crippen LogP contribution is -2.34. The van der Waals surface area contributed by atoms with E-state index in [9.17, 15) is 14.0 Å². The van der Waals surface area contributed by atoms with Crippen LogP contribution in [0.25, 0.3) is 0 Å². The third kappa shape index (κ3) is 3.53. The summed E-state index contributed by atoms with van der Waals surface area (Å²) >= 11 is 6.01. The van der Waals surface area contributed by atoms with E-state index in [2.05, 4.69) is 0 Å². The standard InChI is InChI=1S/C15H17ClFNO3/c1-2-18(7-6-13(19)20)15(21)10-8-9(10)14-11(16)4-3-5-12(14)17/h3-5,9-10H,2,6-8H2,1H3,(H,19,20). The van der Waals surface area contributed by atoms with E-state index in [0.717, 1.165) is 0 Å². The lowest BCUT2D eigenvalue weighted by atomic mass is 10.1. The lowest BCUT2D eigenvalue weighted by Gasteiger charge is -2.20. The highest BCUT2D eigenvalue weighted by Crippen LogP contribution is 2.51. The fraction of sp³-hybridized carbons (Fsp3) is 0.467. The lowest BCUT2D eigenvalue weighted by molar-refractivity contribution is -0.138. The Morgan fingerprint density at radius 1 is 1.48 bits per heavy atom. The first-order valence-electron chi connectivity index (χ1n) is 6.90. The number of nitrogens with zero attached hydrogens (tertiary/aromatic N) is 1. The quantitative estimate of drug-likeness (QED) is 0.878. The van der Waals surface area contributed by atoms with Crippen LogP contribution in [0, 0.1) is 11.7 Å². The molecule has 2 unspecified atom stereocenters. The van der Waals surface area contributed by atoms with Gasteiger partial charge in [0.15, 0.2) is 0 Å². The Bertz CT molecular complexity index is 544. The van der Waals surface area contributed by atoms with E-state index in [-0.39, 0.29) is 30.7 Å². The molecular formula is C15H17ClFNO3. The van der Waals surface area contributed by atoms with Crippen molar-refractivity contribution in [2.45, 2.75) is 25.7 Å². The minimum Gasteiger partial charge on any atom is -0.481 e. The summed E-state index contributed by atoms with van der Waals surface area (Å²) < 4.78 is 13.8. The molecule has 1 saturated carbocycles. The molecule has 21 heavy (non-hydrogen) atoms. The molecule has 1 aliphatic rings. The van der Waals surface area contributed by atoms with Crippen LogP contribution < -0.4 is 0 Å². The van der Waals surface area contributed by atoms with E-state index in [1.807, 2.05) is 0 Å². The summed E-state index contributed by atoms with van der Waals surface area (Å²) in [4.78, 5) is 24.4. The first-order chi connectivity index (χ1) is 9.95. The third-order valence-corrected chi connectivity index (χ3v) is 4.10. The van der Waals surface area contributed by atoms with Crippen molar-refractivity contribution in [2.24, 2.45) is 5.92 Å². The van der Waals surface area contributed by atoms with Crippen LogP contribution in [0.3, 0.4) is 0 Å². The molecule has 4 nitrogen and oxygen atoms in total. The van der Waals surface area contributed by atoms with Crippen LogP contribution in [-0.4, -0.2) is 35.0 Å². The van der Waals surface area contributed by atoms with Gasteiger partial charge in [-0.3, -0.25) is 9.59 Å². The topological polar surface area (TPSA) is 57.6 Å². The summed E-state index contributed by atoms with van der Waals surface area (Å²) in [5.74, 6) is -1.96. The van der Waals surface area contributed by atoms with Crippen molar-refractivity contribution in [1.82, 2.24) is 4.90 Å². The van der Waals surface area contributed by atoms with E-state index in [0.29, 0.717) is 23.6 Å². The molecule has 0 saturated heterocycles. The Balaban J connectivity index is 2.04. The summed E-state index contributed by atoms with van der Waals surface area (Å²) in [5.41, 5.74) is 0.395. The number of hydrogen-bond donors (Lipinski definition) is 1. The Kier molecular flexibility index (Phi) is 4.83. The molecule has 6 heteroatoms. The second-order valence-corrected chi connectivity index (χ2v) is 5.55. The van der Waals surface area contributed by atoms with Crippen LogP contribution in [0.2, 0.25) is 5.02 Å². The second kappa shape index (κ2) is 6.43. The molecule has 2 atom stereocenters. The molecule has 1 amide bonds. The number of carboxylic acids is 1. The van der Waals surface area contributed by atoms with Crippen molar-refractivity contribution in [2.75, 3.05) is 13.1 Å². The molecule has 1 N–H and O–H groups in total. The summed E-state index contributed by atoms with van der Waals surface area (Å²) in [7, 11) is 0. The number of rotatable bonds is 6. The number of aliphatic carboxylic acids is 1. The van der Waals surface area contributed by atoms with Gasteiger partial charge in [0.25, 0.3) is 0 Å². The molecule has 1 aromatic rings. The van der Waals surface area contributed by atoms with Gasteiger partial charge in [-0.2, -0.15) is 0 Å². The smallest absolute Gasteiger partial charge is 0.305 e. The van der Waals surface area contributed by atoms with Crippen molar-refractivity contribution in [3.05, 3.63) is 34.6 Å². The zero-order valence-corrected chi connectivity index (χ0v) is 12.4. The van der Waals surface area contributed by atoms with Gasteiger partial charge in [-0.15, -0.1) is 0 Å². The van der Waals surface area contributed by atoms with Crippen molar-refractivity contribution < 1.29 is 19.1 Å². The minimum absolute atomic E-state index is 0.0859. The van der Waals surface area contributed by atoms with Gasteiger partial charge in [0.2, 0.25) is 5.91 Å². The van der Waals surface area contributed by atoms with Crippen LogP contribution >= 0.6 is 11.6 Å². The monoisotopic (exact) mass is 313 g/mol. The maximum atomic E-state index is 13.8. The van der Waals surface area contributed by atoms with Crippen LogP contribution in [0.4, 0.5) is 4.39 Å². The van der Waals surface area contributed by atoms with Crippen molar-refractivity contribution in [1.29, 1.82) is 0 Å². The molecule has 0 radical (unpaired) electrons. The van der Waals surface area contributed by atoms with Gasteiger partial charge in [-0.25, -0.2) is 4.39 Å². The zero-order valence-electron chi connectivity index (χ0n) is 11.7. The van der Waals surface area contributed by atoms with Gasteiger partial charge in [-0.1, -0.05) is 17.7 Å². The first kappa shape index (κ1) is 15.8. The number of benzene rings is 1. The largest absolute Gasteiger partial charge is 0.481 e. The summed E-state index contributed by atoms with van der Waals surface area (Å²) in [6.07, 6.45) is 0.473. The number of carbonyl (C=O) groups excluding carboxylic acids is 1. The fourth-order valence-corrected chi connectivity index (χ4v) is 2.84. The predicted octanol–water partition coefficient (Wildman–Crippen LogP) is 2.91. The Morgan fingerprint density at radius 2 is 2.19 bits per heavy atom. The maximum Gasteiger partial charge on any atom is 0.305 e. The van der Waals surface area contributed by atoms with E-state index in [1.54, 1.807) is 13.0 Å². The average Bonchev–Trinajstić information content (AvgIpc) is 3.19. The molecule has 0 aromatic heterocycles. The molecule has 0 heterocycles. The number of carboxylic acid groups (broad SMARTS) is 1. The molecule has 1 fully saturated rings.